The van der Waals surface area contributed by atoms with E-state index in [1.54, 1.807) is 24.3 Å². The second-order valence-corrected chi connectivity index (χ2v) is 7.12. The number of hydrogen-bond acceptors (Lipinski definition) is 8. The van der Waals surface area contributed by atoms with Crippen LogP contribution in [0.25, 0.3) is 11.5 Å². The Labute approximate surface area is 167 Å². The van der Waals surface area contributed by atoms with Crippen LogP contribution < -0.4 is 14.6 Å². The maximum atomic E-state index is 12.2. The molecule has 11 heteroatoms. The Bertz CT molecular complexity index is 1060. The van der Waals surface area contributed by atoms with Gasteiger partial charge in [-0.2, -0.15) is 0 Å². The van der Waals surface area contributed by atoms with E-state index in [0.29, 0.717) is 11.3 Å². The molecule has 0 radical (unpaired) electrons. The van der Waals surface area contributed by atoms with Crippen molar-refractivity contribution in [1.82, 2.24) is 0 Å². The average Bonchev–Trinajstić information content (AvgIpc) is 2.70. The van der Waals surface area contributed by atoms with Crippen molar-refractivity contribution in [3.8, 4) is 11.5 Å². The lowest BCUT2D eigenvalue weighted by Crippen LogP contribution is -2.16. The molecule has 0 heterocycles. The molecule has 0 amide bonds. The molecule has 0 saturated carbocycles. The van der Waals surface area contributed by atoms with E-state index in [1.807, 2.05) is 0 Å². The zero-order chi connectivity index (χ0) is 21.8. The van der Waals surface area contributed by atoms with Crippen molar-refractivity contribution in [3.63, 3.8) is 0 Å². The molecule has 0 aliphatic heterocycles. The predicted octanol–water partition coefficient (Wildman–Crippen LogP) is 2.38. The van der Waals surface area contributed by atoms with Crippen molar-refractivity contribution in [3.05, 3.63) is 57.6 Å². The van der Waals surface area contributed by atoms with Crippen LogP contribution in [0.5, 0.6) is 11.5 Å². The molecule has 0 unspecified atom stereocenters. The summed E-state index contributed by atoms with van der Waals surface area (Å²) >= 11 is 0. The molecule has 0 fully saturated rings. The Kier molecular flexibility index (Phi) is 6.67. The fraction of sp³-hybridized carbons (Fsp3) is 0.222. The Hall–Kier alpha value is -3.31. The quantitative estimate of drug-likeness (QED) is 0.295. The van der Waals surface area contributed by atoms with Gasteiger partial charge in [-0.25, -0.2) is 13.6 Å². The Morgan fingerprint density at radius 1 is 0.931 bits per heavy atom. The summed E-state index contributed by atoms with van der Waals surface area (Å²) in [5, 5.41) is 16.6. The van der Waals surface area contributed by atoms with Gasteiger partial charge in [0, 0.05) is 11.6 Å². The summed E-state index contributed by atoms with van der Waals surface area (Å²) in [7, 11) is 0.967. The number of methoxy groups -OCH3 is 4. The highest BCUT2D eigenvalue weighted by molar-refractivity contribution is 7.89. The second-order valence-electron chi connectivity index (χ2n) is 5.59. The van der Waals surface area contributed by atoms with Crippen LogP contribution in [0.1, 0.15) is 11.1 Å². The molecule has 0 spiro atoms. The molecular weight excluding hydrogens is 404 g/mol. The number of primary sulfonamides is 1. The van der Waals surface area contributed by atoms with Gasteiger partial charge in [0.25, 0.3) is 0 Å². The van der Waals surface area contributed by atoms with Gasteiger partial charge in [0.05, 0.1) is 43.8 Å². The highest BCUT2D eigenvalue weighted by atomic mass is 32.2. The van der Waals surface area contributed by atoms with Crippen molar-refractivity contribution in [2.24, 2.45) is 5.14 Å². The first-order valence-corrected chi connectivity index (χ1v) is 9.59. The molecular formula is C18H20N2O8S. The number of nitro benzene ring substituents is 1. The van der Waals surface area contributed by atoms with Gasteiger partial charge in [0.1, 0.15) is 5.75 Å². The Morgan fingerprint density at radius 2 is 1.48 bits per heavy atom. The second kappa shape index (κ2) is 8.80. The summed E-state index contributed by atoms with van der Waals surface area (Å²) in [5.74, 6) is 0.354. The maximum absolute atomic E-state index is 12.2. The van der Waals surface area contributed by atoms with Crippen molar-refractivity contribution in [1.29, 1.82) is 0 Å². The fourth-order valence-corrected chi connectivity index (χ4v) is 3.48. The van der Waals surface area contributed by atoms with Crippen LogP contribution in [0.15, 0.2) is 41.3 Å². The van der Waals surface area contributed by atoms with Gasteiger partial charge in [-0.15, -0.1) is 0 Å². The summed E-state index contributed by atoms with van der Waals surface area (Å²) in [5.41, 5.74) is -0.167. The highest BCUT2D eigenvalue weighted by Gasteiger charge is 2.29. The van der Waals surface area contributed by atoms with Gasteiger partial charge >= 0.3 is 5.69 Å². The zero-order valence-corrected chi connectivity index (χ0v) is 17.0. The van der Waals surface area contributed by atoms with Gasteiger partial charge < -0.3 is 18.9 Å². The standard InChI is InChI=1S/C18H20N2O8S/c1-25-14-8-6-5-7-11(14)17(27-3)18(28-4)12-9-15(26-2)13(20(21)22)10-16(12)29(19,23)24/h5-10H,1-4H3,(H2,19,23,24). The molecule has 0 atom stereocenters. The van der Waals surface area contributed by atoms with Crippen LogP contribution in [0.4, 0.5) is 5.69 Å². The van der Waals surface area contributed by atoms with Crippen molar-refractivity contribution in [2.45, 2.75) is 4.90 Å². The summed E-state index contributed by atoms with van der Waals surface area (Å²) < 4.78 is 45.7. The SMILES string of the molecule is COC(=C(OC)c1cc(OC)c([N+](=O)[O-])cc1S(N)(=O)=O)c1ccccc1OC. The van der Waals surface area contributed by atoms with E-state index in [4.69, 9.17) is 24.1 Å². The lowest BCUT2D eigenvalue weighted by molar-refractivity contribution is -0.386. The molecule has 0 bridgehead atoms. The fourth-order valence-electron chi connectivity index (χ4n) is 2.75. The smallest absolute Gasteiger partial charge is 0.312 e. The Morgan fingerprint density at radius 3 is 1.97 bits per heavy atom. The summed E-state index contributed by atoms with van der Waals surface area (Å²) in [4.78, 5) is 10.0. The third-order valence-corrected chi connectivity index (χ3v) is 4.95. The molecule has 10 nitrogen and oxygen atoms in total. The number of sulfonamides is 1. The molecule has 2 rings (SSSR count). The van der Waals surface area contributed by atoms with E-state index in [0.717, 1.165) is 12.1 Å². The van der Waals surface area contributed by atoms with Crippen LogP contribution >= 0.6 is 0 Å². The van der Waals surface area contributed by atoms with E-state index >= 15 is 0 Å². The average molecular weight is 424 g/mol. The topological polar surface area (TPSA) is 140 Å². The molecule has 2 aromatic carbocycles. The number of ether oxygens (including phenoxy) is 4. The number of para-hydroxylation sites is 1. The molecule has 0 aliphatic carbocycles. The molecule has 0 saturated heterocycles. The lowest BCUT2D eigenvalue weighted by atomic mass is 10.1. The number of nitro groups is 1. The highest BCUT2D eigenvalue weighted by Crippen LogP contribution is 2.39. The first-order chi connectivity index (χ1) is 13.7. The van der Waals surface area contributed by atoms with E-state index < -0.39 is 25.5 Å². The summed E-state index contributed by atoms with van der Waals surface area (Å²) in [6.45, 7) is 0. The van der Waals surface area contributed by atoms with Crippen LogP contribution in [-0.2, 0) is 19.5 Å². The van der Waals surface area contributed by atoms with Gasteiger partial charge in [-0.05, 0) is 18.2 Å². The van der Waals surface area contributed by atoms with Gasteiger partial charge in [-0.3, -0.25) is 10.1 Å². The van der Waals surface area contributed by atoms with Crippen molar-refractivity contribution < 1.29 is 32.3 Å². The summed E-state index contributed by atoms with van der Waals surface area (Å²) in [6.07, 6.45) is 0. The maximum Gasteiger partial charge on any atom is 0.312 e. The lowest BCUT2D eigenvalue weighted by Gasteiger charge is -2.18. The first-order valence-electron chi connectivity index (χ1n) is 8.04. The van der Waals surface area contributed by atoms with Gasteiger partial charge in [0.15, 0.2) is 17.3 Å². The third-order valence-electron chi connectivity index (χ3n) is 3.99. The van der Waals surface area contributed by atoms with E-state index in [2.05, 4.69) is 0 Å². The molecule has 2 N–H and O–H groups in total. The number of rotatable bonds is 8. The van der Waals surface area contributed by atoms with Crippen LogP contribution in [0, 0.1) is 10.1 Å². The predicted molar refractivity (Wildman–Crippen MR) is 105 cm³/mol. The van der Waals surface area contributed by atoms with Crippen molar-refractivity contribution in [2.75, 3.05) is 28.4 Å². The van der Waals surface area contributed by atoms with Gasteiger partial charge in [0.2, 0.25) is 10.0 Å². The number of hydrogen-bond donors (Lipinski definition) is 1. The minimum Gasteiger partial charge on any atom is -0.496 e. The van der Waals surface area contributed by atoms with Crippen LogP contribution in [0.2, 0.25) is 0 Å². The molecule has 0 aliphatic rings. The first kappa shape index (κ1) is 22.0. The van der Waals surface area contributed by atoms with Crippen molar-refractivity contribution >= 4 is 27.2 Å². The minimum atomic E-state index is -4.37. The van der Waals surface area contributed by atoms with Crippen LogP contribution in [0.3, 0.4) is 0 Å². The number of benzene rings is 2. The van der Waals surface area contributed by atoms with Crippen LogP contribution in [-0.4, -0.2) is 41.8 Å². The molecule has 0 aromatic heterocycles. The zero-order valence-electron chi connectivity index (χ0n) is 16.2. The molecule has 29 heavy (non-hydrogen) atoms. The van der Waals surface area contributed by atoms with E-state index in [9.17, 15) is 18.5 Å². The summed E-state index contributed by atoms with van der Waals surface area (Å²) in [6, 6.07) is 8.80. The molecule has 156 valence electrons. The monoisotopic (exact) mass is 424 g/mol. The van der Waals surface area contributed by atoms with Gasteiger partial charge in [-0.1, -0.05) is 12.1 Å². The molecule has 2 aromatic rings. The number of nitrogens with two attached hydrogens (primary N) is 1. The number of nitrogens with zero attached hydrogens (tertiary/aromatic N) is 1. The van der Waals surface area contributed by atoms with E-state index in [1.165, 1.54) is 28.4 Å². The third kappa shape index (κ3) is 4.41. The minimum absolute atomic E-state index is 0.0331. The normalized spacial score (nSPS) is 12.0. The Balaban J connectivity index is 2.97. The van der Waals surface area contributed by atoms with E-state index in [-0.39, 0.29) is 22.8 Å². The largest absolute Gasteiger partial charge is 0.496 e.